The van der Waals surface area contributed by atoms with Gasteiger partial charge in [-0.1, -0.05) is 27.9 Å². The van der Waals surface area contributed by atoms with Gasteiger partial charge in [0.25, 0.3) is 0 Å². The van der Waals surface area contributed by atoms with Gasteiger partial charge in [0.15, 0.2) is 0 Å². The van der Waals surface area contributed by atoms with Crippen LogP contribution in [0.15, 0.2) is 34.9 Å². The molecule has 2 aromatic heterocycles. The van der Waals surface area contributed by atoms with E-state index in [2.05, 4.69) is 31.8 Å². The Morgan fingerprint density at radius 1 is 1.38 bits per heavy atom. The fourth-order valence-corrected chi connectivity index (χ4v) is 2.85. The summed E-state index contributed by atoms with van der Waals surface area (Å²) < 4.78 is 2.82. The lowest BCUT2D eigenvalue weighted by Gasteiger charge is -2.07. The van der Waals surface area contributed by atoms with E-state index in [1.807, 2.05) is 35.8 Å². The van der Waals surface area contributed by atoms with E-state index in [1.165, 1.54) is 0 Å². The summed E-state index contributed by atoms with van der Waals surface area (Å²) in [4.78, 5) is 9.04. The second-order valence-electron chi connectivity index (χ2n) is 4.68. The number of pyridine rings is 1. The van der Waals surface area contributed by atoms with Gasteiger partial charge in [0, 0.05) is 21.6 Å². The van der Waals surface area contributed by atoms with Gasteiger partial charge in [-0.05, 0) is 25.1 Å². The summed E-state index contributed by atoms with van der Waals surface area (Å²) in [6, 6.07) is 7.87. The predicted molar refractivity (Wildman–Crippen MR) is 88.6 cm³/mol. The number of aryl methyl sites for hydroxylation is 1. The van der Waals surface area contributed by atoms with Crippen molar-refractivity contribution in [2.45, 2.75) is 13.5 Å². The Morgan fingerprint density at radius 2 is 2.19 bits per heavy atom. The third-order valence-corrected chi connectivity index (χ3v) is 4.11. The quantitative estimate of drug-likeness (QED) is 0.727. The van der Waals surface area contributed by atoms with Gasteiger partial charge in [0.2, 0.25) is 0 Å². The number of terminal acetylenes is 1. The van der Waals surface area contributed by atoms with E-state index in [0.717, 1.165) is 32.5 Å². The highest BCUT2D eigenvalue weighted by atomic mass is 79.9. The van der Waals surface area contributed by atoms with Crippen LogP contribution in [0.2, 0.25) is 0 Å². The van der Waals surface area contributed by atoms with Crippen LogP contribution in [0.1, 0.15) is 5.82 Å². The minimum atomic E-state index is 0.409. The first-order valence-electron chi connectivity index (χ1n) is 6.43. The van der Waals surface area contributed by atoms with Gasteiger partial charge >= 0.3 is 0 Å². The molecule has 1 aromatic carbocycles. The maximum Gasteiger partial charge on any atom is 0.132 e. The van der Waals surface area contributed by atoms with Gasteiger partial charge in [-0.3, -0.25) is 4.98 Å². The normalized spacial score (nSPS) is 10.7. The predicted octanol–water partition coefficient (Wildman–Crippen LogP) is 3.38. The SMILES string of the molecule is C#CCn1c(C)nc(-c2ccc(Br)c3cccnc23)c1N. The lowest BCUT2D eigenvalue weighted by Crippen LogP contribution is -2.03. The number of aromatic nitrogens is 3. The molecule has 2 N–H and O–H groups in total. The van der Waals surface area contributed by atoms with Crippen molar-refractivity contribution in [3.63, 3.8) is 0 Å². The molecule has 104 valence electrons. The van der Waals surface area contributed by atoms with Crippen LogP contribution >= 0.6 is 15.9 Å². The fraction of sp³-hybridized carbons (Fsp3) is 0.125. The molecule has 0 unspecified atom stereocenters. The maximum absolute atomic E-state index is 6.22. The van der Waals surface area contributed by atoms with Crippen LogP contribution in [-0.2, 0) is 6.54 Å². The molecule has 0 bridgehead atoms. The number of rotatable bonds is 2. The second-order valence-corrected chi connectivity index (χ2v) is 5.53. The monoisotopic (exact) mass is 340 g/mol. The first-order chi connectivity index (χ1) is 10.1. The number of imidazole rings is 1. The van der Waals surface area contributed by atoms with Crippen LogP contribution in [-0.4, -0.2) is 14.5 Å². The molecule has 21 heavy (non-hydrogen) atoms. The van der Waals surface area contributed by atoms with Crippen molar-refractivity contribution >= 4 is 32.7 Å². The topological polar surface area (TPSA) is 56.7 Å². The van der Waals surface area contributed by atoms with E-state index in [4.69, 9.17) is 12.2 Å². The summed E-state index contributed by atoms with van der Waals surface area (Å²) >= 11 is 3.54. The molecule has 0 aliphatic heterocycles. The van der Waals surface area contributed by atoms with Gasteiger partial charge < -0.3 is 10.3 Å². The molecule has 0 aliphatic carbocycles. The van der Waals surface area contributed by atoms with Crippen molar-refractivity contribution in [3.8, 4) is 23.6 Å². The highest BCUT2D eigenvalue weighted by molar-refractivity contribution is 9.10. The van der Waals surface area contributed by atoms with Crippen LogP contribution in [0.25, 0.3) is 22.2 Å². The highest BCUT2D eigenvalue weighted by Gasteiger charge is 2.16. The number of hydrogen-bond donors (Lipinski definition) is 1. The standard InChI is InChI=1S/C16H13BrN4/c1-3-9-21-10(2)20-15(16(21)18)12-6-7-13(17)11-5-4-8-19-14(11)12/h1,4-8H,9,18H2,2H3. The Hall–Kier alpha value is -2.32. The van der Waals surface area contributed by atoms with Crippen LogP contribution in [0.3, 0.4) is 0 Å². The first kappa shape index (κ1) is 13.7. The largest absolute Gasteiger partial charge is 0.383 e. The van der Waals surface area contributed by atoms with Gasteiger partial charge in [0.1, 0.15) is 17.3 Å². The third kappa shape index (κ3) is 2.18. The van der Waals surface area contributed by atoms with E-state index in [-0.39, 0.29) is 0 Å². The van der Waals surface area contributed by atoms with E-state index >= 15 is 0 Å². The molecular weight excluding hydrogens is 328 g/mol. The van der Waals surface area contributed by atoms with Gasteiger partial charge in [-0.25, -0.2) is 4.98 Å². The second kappa shape index (κ2) is 5.23. The number of hydrogen-bond acceptors (Lipinski definition) is 3. The Labute approximate surface area is 131 Å². The van der Waals surface area contributed by atoms with Gasteiger partial charge in [0.05, 0.1) is 12.1 Å². The molecule has 2 heterocycles. The average molecular weight is 341 g/mol. The molecular formula is C16H13BrN4. The average Bonchev–Trinajstić information content (AvgIpc) is 2.77. The van der Waals surface area contributed by atoms with E-state index in [1.54, 1.807) is 6.20 Å². The van der Waals surface area contributed by atoms with Gasteiger partial charge in [-0.15, -0.1) is 6.42 Å². The zero-order valence-electron chi connectivity index (χ0n) is 11.5. The number of fused-ring (bicyclic) bond motifs is 1. The summed E-state index contributed by atoms with van der Waals surface area (Å²) in [5.41, 5.74) is 8.71. The lowest BCUT2D eigenvalue weighted by molar-refractivity contribution is 0.807. The van der Waals surface area contributed by atoms with Crippen molar-refractivity contribution in [2.75, 3.05) is 5.73 Å². The number of benzene rings is 1. The third-order valence-electron chi connectivity index (χ3n) is 3.42. The van der Waals surface area contributed by atoms with Crippen LogP contribution < -0.4 is 5.73 Å². The fourth-order valence-electron chi connectivity index (χ4n) is 2.40. The summed E-state index contributed by atoms with van der Waals surface area (Å²) in [6.45, 7) is 2.30. The van der Waals surface area contributed by atoms with E-state index < -0.39 is 0 Å². The number of halogens is 1. The number of nitrogens with two attached hydrogens (primary N) is 1. The number of nitrogens with zero attached hydrogens (tertiary/aromatic N) is 3. The Bertz CT molecular complexity index is 874. The van der Waals surface area contributed by atoms with Crippen molar-refractivity contribution < 1.29 is 0 Å². The summed E-state index contributed by atoms with van der Waals surface area (Å²) in [5, 5.41) is 1.03. The minimum Gasteiger partial charge on any atom is -0.383 e. The highest BCUT2D eigenvalue weighted by Crippen LogP contribution is 2.34. The van der Waals surface area contributed by atoms with Crippen molar-refractivity contribution in [1.29, 1.82) is 0 Å². The first-order valence-corrected chi connectivity index (χ1v) is 7.22. The molecule has 3 rings (SSSR count). The van der Waals surface area contributed by atoms with Crippen LogP contribution in [0.5, 0.6) is 0 Å². The van der Waals surface area contributed by atoms with Crippen molar-refractivity contribution in [1.82, 2.24) is 14.5 Å². The molecule has 3 aromatic rings. The Morgan fingerprint density at radius 3 is 2.95 bits per heavy atom. The van der Waals surface area contributed by atoms with Crippen molar-refractivity contribution in [3.05, 3.63) is 40.8 Å². The van der Waals surface area contributed by atoms with Gasteiger partial charge in [-0.2, -0.15) is 0 Å². The molecule has 4 nitrogen and oxygen atoms in total. The van der Waals surface area contributed by atoms with E-state index in [9.17, 15) is 0 Å². The lowest BCUT2D eigenvalue weighted by atomic mass is 10.1. The Kier molecular flexibility index (Phi) is 3.40. The molecule has 0 saturated heterocycles. The summed E-state index contributed by atoms with van der Waals surface area (Å²) in [5.74, 6) is 3.96. The molecule has 5 heteroatoms. The molecule has 0 aliphatic rings. The molecule has 0 spiro atoms. The zero-order chi connectivity index (χ0) is 15.0. The Balaban J connectivity index is 2.30. The van der Waals surface area contributed by atoms with Crippen LogP contribution in [0, 0.1) is 19.3 Å². The van der Waals surface area contributed by atoms with Crippen LogP contribution in [0.4, 0.5) is 5.82 Å². The molecule has 0 radical (unpaired) electrons. The zero-order valence-corrected chi connectivity index (χ0v) is 13.1. The summed E-state index contributed by atoms with van der Waals surface area (Å²) in [6.07, 6.45) is 7.15. The summed E-state index contributed by atoms with van der Waals surface area (Å²) in [7, 11) is 0. The smallest absolute Gasteiger partial charge is 0.132 e. The number of nitrogen functional groups attached to an aromatic ring is 1. The molecule has 0 amide bonds. The maximum atomic E-state index is 6.22. The molecule has 0 atom stereocenters. The van der Waals surface area contributed by atoms with Crippen molar-refractivity contribution in [2.24, 2.45) is 0 Å². The minimum absolute atomic E-state index is 0.409. The number of anilines is 1. The molecule has 0 fully saturated rings. The molecule has 0 saturated carbocycles. The van der Waals surface area contributed by atoms with E-state index in [0.29, 0.717) is 12.4 Å².